The normalized spacial score (nSPS) is 21.3. The predicted molar refractivity (Wildman–Crippen MR) is 49.8 cm³/mol. The molecule has 2 rings (SSSR count). The first-order valence-corrected chi connectivity index (χ1v) is 4.71. The fraction of sp³-hybridized carbons (Fsp3) is 0.200. The second-order valence-electron chi connectivity index (χ2n) is 2.63. The van der Waals surface area contributed by atoms with Crippen LogP contribution in [-0.4, -0.2) is 5.25 Å². The van der Waals surface area contributed by atoms with Gasteiger partial charge in [-0.2, -0.15) is 0 Å². The van der Waals surface area contributed by atoms with Crippen LogP contribution in [0.3, 0.4) is 0 Å². The Kier molecular flexibility index (Phi) is 1.99. The Morgan fingerprint density at radius 1 is 1.18 bits per heavy atom. The molecule has 0 saturated heterocycles. The van der Waals surface area contributed by atoms with E-state index >= 15 is 0 Å². The van der Waals surface area contributed by atoms with Crippen LogP contribution in [0.15, 0.2) is 47.4 Å². The molecule has 0 amide bonds. The average molecular weight is 162 g/mol. The van der Waals surface area contributed by atoms with Crippen LogP contribution in [-0.2, 0) is 0 Å². The van der Waals surface area contributed by atoms with Gasteiger partial charge in [0.1, 0.15) is 0 Å². The Morgan fingerprint density at radius 2 is 1.91 bits per heavy atom. The molecule has 1 heteroatoms. The van der Waals surface area contributed by atoms with Gasteiger partial charge in [0.2, 0.25) is 0 Å². The van der Waals surface area contributed by atoms with Crippen molar-refractivity contribution in [2.45, 2.75) is 16.6 Å². The fourth-order valence-corrected chi connectivity index (χ4v) is 2.07. The lowest BCUT2D eigenvalue weighted by atomic mass is 10.1. The molecule has 1 atom stereocenters. The molecule has 0 radical (unpaired) electrons. The SMILES string of the molecule is C1=CC(Sc2ccccc2)C1. The van der Waals surface area contributed by atoms with Crippen molar-refractivity contribution in [1.29, 1.82) is 0 Å². The highest BCUT2D eigenvalue weighted by molar-refractivity contribution is 8.00. The Bertz CT molecular complexity index is 251. The third-order valence-corrected chi connectivity index (χ3v) is 2.95. The lowest BCUT2D eigenvalue weighted by Crippen LogP contribution is -2.03. The van der Waals surface area contributed by atoms with Crippen molar-refractivity contribution in [3.8, 4) is 0 Å². The molecule has 1 aromatic rings. The van der Waals surface area contributed by atoms with E-state index in [0.29, 0.717) is 0 Å². The van der Waals surface area contributed by atoms with E-state index in [-0.39, 0.29) is 0 Å². The smallest absolute Gasteiger partial charge is 0.0308 e. The first kappa shape index (κ1) is 6.99. The maximum absolute atomic E-state index is 2.26. The molecule has 1 unspecified atom stereocenters. The first-order chi connectivity index (χ1) is 5.45. The van der Waals surface area contributed by atoms with Gasteiger partial charge in [0.15, 0.2) is 0 Å². The summed E-state index contributed by atoms with van der Waals surface area (Å²) in [5.41, 5.74) is 0. The zero-order valence-electron chi connectivity index (χ0n) is 6.23. The quantitative estimate of drug-likeness (QED) is 0.602. The predicted octanol–water partition coefficient (Wildman–Crippen LogP) is 3.11. The highest BCUT2D eigenvalue weighted by Gasteiger charge is 2.10. The summed E-state index contributed by atoms with van der Waals surface area (Å²) in [6, 6.07) is 10.6. The van der Waals surface area contributed by atoms with Crippen LogP contribution in [0.4, 0.5) is 0 Å². The van der Waals surface area contributed by atoms with Gasteiger partial charge in [0, 0.05) is 10.1 Å². The molecular weight excluding hydrogens is 152 g/mol. The molecular formula is C10H10S. The van der Waals surface area contributed by atoms with E-state index < -0.39 is 0 Å². The van der Waals surface area contributed by atoms with E-state index in [1.165, 1.54) is 11.3 Å². The van der Waals surface area contributed by atoms with Crippen LogP contribution in [0.5, 0.6) is 0 Å². The van der Waals surface area contributed by atoms with Gasteiger partial charge in [-0.3, -0.25) is 0 Å². The van der Waals surface area contributed by atoms with Crippen LogP contribution in [0.25, 0.3) is 0 Å². The van der Waals surface area contributed by atoms with Gasteiger partial charge in [-0.05, 0) is 18.6 Å². The molecule has 0 heterocycles. The Labute approximate surface area is 71.3 Å². The number of allylic oxidation sites excluding steroid dienone is 1. The summed E-state index contributed by atoms with van der Waals surface area (Å²) in [6.07, 6.45) is 5.72. The van der Waals surface area contributed by atoms with Gasteiger partial charge >= 0.3 is 0 Å². The highest BCUT2D eigenvalue weighted by atomic mass is 32.2. The molecule has 0 spiro atoms. The molecule has 0 aliphatic heterocycles. The second kappa shape index (κ2) is 3.14. The van der Waals surface area contributed by atoms with Crippen LogP contribution in [0.1, 0.15) is 6.42 Å². The Hall–Kier alpha value is -0.690. The number of hydrogen-bond donors (Lipinski definition) is 0. The summed E-state index contributed by atoms with van der Waals surface area (Å²) in [5.74, 6) is 0. The number of hydrogen-bond acceptors (Lipinski definition) is 1. The molecule has 11 heavy (non-hydrogen) atoms. The maximum atomic E-state index is 2.26. The first-order valence-electron chi connectivity index (χ1n) is 3.83. The van der Waals surface area contributed by atoms with Crippen LogP contribution < -0.4 is 0 Å². The molecule has 0 N–H and O–H groups in total. The number of rotatable bonds is 2. The van der Waals surface area contributed by atoms with Crippen molar-refractivity contribution in [3.63, 3.8) is 0 Å². The minimum Gasteiger partial charge on any atom is -0.118 e. The van der Waals surface area contributed by atoms with E-state index in [9.17, 15) is 0 Å². The largest absolute Gasteiger partial charge is 0.118 e. The van der Waals surface area contributed by atoms with Crippen molar-refractivity contribution in [2.24, 2.45) is 0 Å². The molecule has 0 saturated carbocycles. The minimum absolute atomic E-state index is 0.734. The summed E-state index contributed by atoms with van der Waals surface area (Å²) in [4.78, 5) is 1.38. The van der Waals surface area contributed by atoms with Crippen molar-refractivity contribution in [2.75, 3.05) is 0 Å². The molecule has 0 nitrogen and oxygen atoms in total. The van der Waals surface area contributed by atoms with Crippen molar-refractivity contribution < 1.29 is 0 Å². The molecule has 56 valence electrons. The summed E-state index contributed by atoms with van der Waals surface area (Å²) < 4.78 is 0. The van der Waals surface area contributed by atoms with E-state index in [2.05, 4.69) is 42.5 Å². The summed E-state index contributed by atoms with van der Waals surface area (Å²) in [6.45, 7) is 0. The number of benzene rings is 1. The summed E-state index contributed by atoms with van der Waals surface area (Å²) in [7, 11) is 0. The highest BCUT2D eigenvalue weighted by Crippen LogP contribution is 2.30. The van der Waals surface area contributed by atoms with E-state index in [0.717, 1.165) is 5.25 Å². The van der Waals surface area contributed by atoms with Gasteiger partial charge < -0.3 is 0 Å². The van der Waals surface area contributed by atoms with E-state index in [1.807, 2.05) is 11.8 Å². The minimum atomic E-state index is 0.734. The molecule has 0 bridgehead atoms. The number of thioether (sulfide) groups is 1. The molecule has 1 aliphatic rings. The van der Waals surface area contributed by atoms with Crippen molar-refractivity contribution in [1.82, 2.24) is 0 Å². The maximum Gasteiger partial charge on any atom is 0.0308 e. The van der Waals surface area contributed by atoms with Gasteiger partial charge in [-0.1, -0.05) is 30.4 Å². The van der Waals surface area contributed by atoms with Crippen LogP contribution in [0.2, 0.25) is 0 Å². The topological polar surface area (TPSA) is 0 Å². The second-order valence-corrected chi connectivity index (χ2v) is 3.95. The zero-order chi connectivity index (χ0) is 7.52. The molecule has 1 aliphatic carbocycles. The standard InChI is InChI=1S/C10H10S/c1-2-5-9(6-3-1)11-10-7-4-8-10/h1-7,10H,8H2. The van der Waals surface area contributed by atoms with Gasteiger partial charge in [0.25, 0.3) is 0 Å². The average Bonchev–Trinajstić information content (AvgIpc) is 1.99. The van der Waals surface area contributed by atoms with Crippen LogP contribution in [0, 0.1) is 0 Å². The van der Waals surface area contributed by atoms with Crippen molar-refractivity contribution in [3.05, 3.63) is 42.5 Å². The monoisotopic (exact) mass is 162 g/mol. The van der Waals surface area contributed by atoms with Gasteiger partial charge in [0.05, 0.1) is 0 Å². The summed E-state index contributed by atoms with van der Waals surface area (Å²) in [5, 5.41) is 0.734. The fourth-order valence-electron chi connectivity index (χ4n) is 1.01. The zero-order valence-corrected chi connectivity index (χ0v) is 7.05. The van der Waals surface area contributed by atoms with Crippen LogP contribution >= 0.6 is 11.8 Å². The lowest BCUT2D eigenvalue weighted by molar-refractivity contribution is 0.981. The Balaban J connectivity index is 2.01. The Morgan fingerprint density at radius 3 is 2.45 bits per heavy atom. The van der Waals surface area contributed by atoms with E-state index in [4.69, 9.17) is 0 Å². The molecule has 0 aromatic heterocycles. The van der Waals surface area contributed by atoms with E-state index in [1.54, 1.807) is 0 Å². The molecule has 1 aromatic carbocycles. The third kappa shape index (κ3) is 1.66. The van der Waals surface area contributed by atoms with Gasteiger partial charge in [-0.15, -0.1) is 11.8 Å². The van der Waals surface area contributed by atoms with Gasteiger partial charge in [-0.25, -0.2) is 0 Å². The molecule has 0 fully saturated rings. The summed E-state index contributed by atoms with van der Waals surface area (Å²) >= 11 is 1.94. The van der Waals surface area contributed by atoms with Crippen molar-refractivity contribution >= 4 is 11.8 Å². The lowest BCUT2D eigenvalue weighted by Gasteiger charge is -2.16. The third-order valence-electron chi connectivity index (χ3n) is 1.75.